The van der Waals surface area contributed by atoms with Gasteiger partial charge in [0, 0.05) is 16.8 Å². The van der Waals surface area contributed by atoms with Gasteiger partial charge in [-0.05, 0) is 61.4 Å². The number of rotatable bonds is 10. The number of halogens is 1. The van der Waals surface area contributed by atoms with Crippen LogP contribution in [0, 0.1) is 0 Å². The molecular formula is C23H29ClN2O3S2. The first-order valence-corrected chi connectivity index (χ1v) is 13.5. The molecule has 0 heterocycles. The van der Waals surface area contributed by atoms with Crippen LogP contribution in [0.2, 0.25) is 5.02 Å². The van der Waals surface area contributed by atoms with E-state index in [4.69, 9.17) is 11.6 Å². The van der Waals surface area contributed by atoms with Crippen molar-refractivity contribution in [1.29, 1.82) is 0 Å². The van der Waals surface area contributed by atoms with E-state index in [1.54, 1.807) is 42.5 Å². The van der Waals surface area contributed by atoms with Gasteiger partial charge in [0.25, 0.3) is 10.0 Å². The molecule has 1 fully saturated rings. The molecule has 0 aliphatic heterocycles. The van der Waals surface area contributed by atoms with Crippen LogP contribution < -0.4 is 9.62 Å². The number of nitrogens with one attached hydrogen (secondary N) is 1. The van der Waals surface area contributed by atoms with E-state index >= 15 is 0 Å². The van der Waals surface area contributed by atoms with Gasteiger partial charge >= 0.3 is 0 Å². The van der Waals surface area contributed by atoms with Crippen molar-refractivity contribution in [1.82, 2.24) is 5.32 Å². The number of carbonyl (C=O) groups excluding carboxylic acids is 1. The van der Waals surface area contributed by atoms with Gasteiger partial charge in [-0.15, -0.1) is 0 Å². The highest BCUT2D eigenvalue weighted by molar-refractivity contribution is 7.99. The number of sulfonamides is 1. The molecule has 0 aromatic heterocycles. The van der Waals surface area contributed by atoms with Crippen molar-refractivity contribution in [3.63, 3.8) is 0 Å². The van der Waals surface area contributed by atoms with E-state index in [1.807, 2.05) is 11.8 Å². The Balaban J connectivity index is 1.59. The first-order chi connectivity index (χ1) is 15.0. The molecule has 0 bridgehead atoms. The molecule has 0 atom stereocenters. The van der Waals surface area contributed by atoms with Gasteiger partial charge in [-0.1, -0.05) is 49.1 Å². The summed E-state index contributed by atoms with van der Waals surface area (Å²) in [4.78, 5) is 12.7. The molecular weight excluding hydrogens is 452 g/mol. The average Bonchev–Trinajstić information content (AvgIpc) is 2.79. The molecule has 0 spiro atoms. The second kappa shape index (κ2) is 11.8. The lowest BCUT2D eigenvalue weighted by atomic mass is 10.0. The Morgan fingerprint density at radius 2 is 1.71 bits per heavy atom. The maximum atomic E-state index is 13.2. The molecule has 0 saturated heterocycles. The molecule has 8 heteroatoms. The van der Waals surface area contributed by atoms with E-state index in [0.29, 0.717) is 17.3 Å². The quantitative estimate of drug-likeness (QED) is 0.480. The maximum absolute atomic E-state index is 13.2. The van der Waals surface area contributed by atoms with Gasteiger partial charge in [-0.3, -0.25) is 9.10 Å². The Bertz CT molecular complexity index is 931. The van der Waals surface area contributed by atoms with Crippen LogP contribution >= 0.6 is 23.4 Å². The topological polar surface area (TPSA) is 66.5 Å². The SMILES string of the molecule is O=C(CN(c1ccc(Cl)cc1)S(=O)(=O)c1ccccc1)NCCCSC1CCCCC1. The van der Waals surface area contributed by atoms with Crippen molar-refractivity contribution < 1.29 is 13.2 Å². The third kappa shape index (κ3) is 7.16. The molecule has 0 unspecified atom stereocenters. The Morgan fingerprint density at radius 3 is 2.39 bits per heavy atom. The summed E-state index contributed by atoms with van der Waals surface area (Å²) in [6, 6.07) is 14.6. The first kappa shape index (κ1) is 24.0. The minimum absolute atomic E-state index is 0.140. The van der Waals surface area contributed by atoms with Gasteiger partial charge in [-0.25, -0.2) is 8.42 Å². The minimum atomic E-state index is -3.89. The number of anilines is 1. The average molecular weight is 481 g/mol. The van der Waals surface area contributed by atoms with Crippen LogP contribution in [0.4, 0.5) is 5.69 Å². The van der Waals surface area contributed by atoms with Gasteiger partial charge in [0.2, 0.25) is 5.91 Å². The Morgan fingerprint density at radius 1 is 1.03 bits per heavy atom. The lowest BCUT2D eigenvalue weighted by molar-refractivity contribution is -0.119. The summed E-state index contributed by atoms with van der Waals surface area (Å²) >= 11 is 7.95. The summed E-state index contributed by atoms with van der Waals surface area (Å²) in [6.45, 7) is 0.257. The minimum Gasteiger partial charge on any atom is -0.354 e. The monoisotopic (exact) mass is 480 g/mol. The van der Waals surface area contributed by atoms with Crippen LogP contribution in [0.3, 0.4) is 0 Å². The first-order valence-electron chi connectivity index (χ1n) is 10.7. The van der Waals surface area contributed by atoms with Crippen LogP contribution in [0.25, 0.3) is 0 Å². The summed E-state index contributed by atoms with van der Waals surface area (Å²) in [5.74, 6) is 0.686. The largest absolute Gasteiger partial charge is 0.354 e. The molecule has 2 aromatic rings. The second-order valence-electron chi connectivity index (χ2n) is 7.64. The van der Waals surface area contributed by atoms with Crippen molar-refractivity contribution in [3.8, 4) is 0 Å². The van der Waals surface area contributed by atoms with E-state index in [2.05, 4.69) is 5.32 Å². The van der Waals surface area contributed by atoms with Crippen molar-refractivity contribution in [2.24, 2.45) is 0 Å². The van der Waals surface area contributed by atoms with Crippen molar-refractivity contribution >= 4 is 45.0 Å². The Labute approximate surface area is 194 Å². The van der Waals surface area contributed by atoms with Gasteiger partial charge in [0.15, 0.2) is 0 Å². The van der Waals surface area contributed by atoms with Crippen LogP contribution in [-0.4, -0.2) is 38.4 Å². The van der Waals surface area contributed by atoms with Crippen molar-refractivity contribution in [3.05, 3.63) is 59.6 Å². The zero-order valence-corrected chi connectivity index (χ0v) is 19.9. The number of amides is 1. The third-order valence-electron chi connectivity index (χ3n) is 5.28. The van der Waals surface area contributed by atoms with Gasteiger partial charge in [0.1, 0.15) is 6.54 Å². The Kier molecular flexibility index (Phi) is 9.11. The van der Waals surface area contributed by atoms with Gasteiger partial charge in [0.05, 0.1) is 10.6 Å². The van der Waals surface area contributed by atoms with Crippen LogP contribution in [0.5, 0.6) is 0 Å². The van der Waals surface area contributed by atoms with E-state index in [1.165, 1.54) is 44.2 Å². The molecule has 31 heavy (non-hydrogen) atoms. The predicted molar refractivity (Wildman–Crippen MR) is 129 cm³/mol. The summed E-state index contributed by atoms with van der Waals surface area (Å²) in [5, 5.41) is 4.12. The fourth-order valence-electron chi connectivity index (χ4n) is 3.61. The van der Waals surface area contributed by atoms with Crippen LogP contribution in [-0.2, 0) is 14.8 Å². The normalized spacial score (nSPS) is 14.9. The lowest BCUT2D eigenvalue weighted by Gasteiger charge is -2.24. The van der Waals surface area contributed by atoms with Crippen LogP contribution in [0.1, 0.15) is 38.5 Å². The highest BCUT2D eigenvalue weighted by Gasteiger charge is 2.27. The fraction of sp³-hybridized carbons (Fsp3) is 0.435. The number of hydrogen-bond acceptors (Lipinski definition) is 4. The molecule has 1 aliphatic rings. The molecule has 1 amide bonds. The van der Waals surface area contributed by atoms with Gasteiger partial charge < -0.3 is 5.32 Å². The summed E-state index contributed by atoms with van der Waals surface area (Å²) < 4.78 is 27.6. The maximum Gasteiger partial charge on any atom is 0.264 e. The third-order valence-corrected chi connectivity index (χ3v) is 8.79. The van der Waals surface area contributed by atoms with Crippen molar-refractivity contribution in [2.75, 3.05) is 23.1 Å². The molecule has 1 N–H and O–H groups in total. The molecule has 3 rings (SSSR count). The molecule has 168 valence electrons. The zero-order chi connectivity index (χ0) is 22.1. The molecule has 5 nitrogen and oxygen atoms in total. The molecule has 0 radical (unpaired) electrons. The summed E-state index contributed by atoms with van der Waals surface area (Å²) in [5.41, 5.74) is 0.399. The number of nitrogens with zero attached hydrogens (tertiary/aromatic N) is 1. The van der Waals surface area contributed by atoms with Crippen molar-refractivity contribution in [2.45, 2.75) is 48.7 Å². The number of carbonyl (C=O) groups is 1. The smallest absolute Gasteiger partial charge is 0.264 e. The highest BCUT2D eigenvalue weighted by Crippen LogP contribution is 2.28. The zero-order valence-electron chi connectivity index (χ0n) is 17.5. The molecule has 2 aromatic carbocycles. The number of benzene rings is 2. The van der Waals surface area contributed by atoms with Gasteiger partial charge in [-0.2, -0.15) is 11.8 Å². The van der Waals surface area contributed by atoms with E-state index in [0.717, 1.165) is 21.7 Å². The van der Waals surface area contributed by atoms with E-state index in [9.17, 15) is 13.2 Å². The molecule has 1 aliphatic carbocycles. The standard InChI is InChI=1S/C23H29ClN2O3S2/c24-19-12-14-20(15-13-19)26(31(28,29)22-10-5-2-6-11-22)18-23(27)25-16-7-17-30-21-8-3-1-4-9-21/h2,5-6,10-15,21H,1,3-4,7-9,16-18H2,(H,25,27). The van der Waals surface area contributed by atoms with E-state index < -0.39 is 10.0 Å². The highest BCUT2D eigenvalue weighted by atomic mass is 35.5. The number of thioether (sulfide) groups is 1. The summed E-state index contributed by atoms with van der Waals surface area (Å²) in [6.07, 6.45) is 7.47. The fourth-order valence-corrected chi connectivity index (χ4v) is 6.49. The summed E-state index contributed by atoms with van der Waals surface area (Å²) in [7, 11) is -3.89. The lowest BCUT2D eigenvalue weighted by Crippen LogP contribution is -2.41. The predicted octanol–water partition coefficient (Wildman–Crippen LogP) is 5.11. The Hall–Kier alpha value is -1.70. The number of hydrogen-bond donors (Lipinski definition) is 1. The van der Waals surface area contributed by atoms with Crippen LogP contribution in [0.15, 0.2) is 59.5 Å². The van der Waals surface area contributed by atoms with E-state index in [-0.39, 0.29) is 17.3 Å². The second-order valence-corrected chi connectivity index (χ2v) is 11.3. The molecule has 1 saturated carbocycles.